The Morgan fingerprint density at radius 1 is 1.25 bits per heavy atom. The van der Waals surface area contributed by atoms with E-state index in [1.54, 1.807) is 9.80 Å². The van der Waals surface area contributed by atoms with Crippen LogP contribution in [0.25, 0.3) is 0 Å². The van der Waals surface area contributed by atoms with Crippen LogP contribution >= 0.6 is 0 Å². The molecule has 1 aliphatic rings. The molecule has 0 aromatic heterocycles. The first-order valence-corrected chi connectivity index (χ1v) is 7.47. The van der Waals surface area contributed by atoms with E-state index in [-0.39, 0.29) is 12.1 Å². The Morgan fingerprint density at radius 2 is 1.90 bits per heavy atom. The standard InChI is InChI=1S/C16H24N2O2/c1-13-6-4-5-7-15(13)16(19)20-14(2)12-18-10-8-17(3)9-11-18/h4-7,14H,8-12H2,1-3H3/p+2/t14-/m0/s1. The molecule has 2 rings (SSSR count). The molecule has 1 saturated heterocycles. The summed E-state index contributed by atoms with van der Waals surface area (Å²) in [7, 11) is 2.23. The van der Waals surface area contributed by atoms with Crippen LogP contribution in [0.15, 0.2) is 24.3 Å². The largest absolute Gasteiger partial charge is 0.453 e. The Hall–Kier alpha value is -1.39. The molecular weight excluding hydrogens is 252 g/mol. The number of hydrogen-bond acceptors (Lipinski definition) is 2. The van der Waals surface area contributed by atoms with E-state index in [1.807, 2.05) is 38.1 Å². The van der Waals surface area contributed by atoms with Crippen LogP contribution in [0.5, 0.6) is 0 Å². The Bertz CT molecular complexity index is 454. The van der Waals surface area contributed by atoms with Crippen LogP contribution in [0.4, 0.5) is 0 Å². The van der Waals surface area contributed by atoms with Crippen molar-refractivity contribution < 1.29 is 19.3 Å². The zero-order valence-electron chi connectivity index (χ0n) is 12.7. The van der Waals surface area contributed by atoms with Crippen molar-refractivity contribution in [2.45, 2.75) is 20.0 Å². The maximum atomic E-state index is 12.1. The van der Waals surface area contributed by atoms with Gasteiger partial charge in [-0.15, -0.1) is 0 Å². The monoisotopic (exact) mass is 278 g/mol. The molecule has 1 fully saturated rings. The van der Waals surface area contributed by atoms with Gasteiger partial charge in [-0.2, -0.15) is 0 Å². The number of nitrogens with one attached hydrogen (secondary N) is 2. The fourth-order valence-electron chi connectivity index (χ4n) is 2.73. The average Bonchev–Trinajstić information content (AvgIpc) is 2.41. The number of carbonyl (C=O) groups is 1. The number of quaternary nitrogens is 2. The van der Waals surface area contributed by atoms with Crippen molar-refractivity contribution in [3.05, 3.63) is 35.4 Å². The Morgan fingerprint density at radius 3 is 2.55 bits per heavy atom. The molecule has 1 heterocycles. The van der Waals surface area contributed by atoms with E-state index in [0.717, 1.165) is 25.2 Å². The smallest absolute Gasteiger partial charge is 0.338 e. The predicted octanol–water partition coefficient (Wildman–Crippen LogP) is -1.05. The first-order chi connectivity index (χ1) is 9.56. The van der Waals surface area contributed by atoms with Gasteiger partial charge in [0.15, 0.2) is 0 Å². The molecule has 0 spiro atoms. The third-order valence-corrected chi connectivity index (χ3v) is 4.06. The summed E-state index contributed by atoms with van der Waals surface area (Å²) in [5.74, 6) is -0.199. The van der Waals surface area contributed by atoms with Gasteiger partial charge in [-0.05, 0) is 25.5 Å². The highest BCUT2D eigenvalue weighted by molar-refractivity contribution is 5.91. The maximum Gasteiger partial charge on any atom is 0.338 e. The summed E-state index contributed by atoms with van der Waals surface area (Å²) < 4.78 is 5.58. The number of esters is 1. The zero-order chi connectivity index (χ0) is 14.5. The van der Waals surface area contributed by atoms with Crippen molar-refractivity contribution in [2.75, 3.05) is 39.8 Å². The maximum absolute atomic E-state index is 12.1. The molecule has 0 unspecified atom stereocenters. The Kier molecular flexibility index (Phi) is 5.15. The van der Waals surface area contributed by atoms with E-state index in [0.29, 0.717) is 5.56 Å². The molecular formula is C16H26N2O2+2. The molecule has 0 amide bonds. The van der Waals surface area contributed by atoms with Crippen LogP contribution in [0.2, 0.25) is 0 Å². The fraction of sp³-hybridized carbons (Fsp3) is 0.562. The highest BCUT2D eigenvalue weighted by atomic mass is 16.5. The van der Waals surface area contributed by atoms with E-state index in [2.05, 4.69) is 7.05 Å². The van der Waals surface area contributed by atoms with Gasteiger partial charge >= 0.3 is 5.97 Å². The van der Waals surface area contributed by atoms with Gasteiger partial charge in [0.1, 0.15) is 38.8 Å². The van der Waals surface area contributed by atoms with Crippen LogP contribution in [-0.2, 0) is 4.74 Å². The summed E-state index contributed by atoms with van der Waals surface area (Å²) in [6.45, 7) is 9.58. The number of aryl methyl sites for hydroxylation is 1. The Balaban J connectivity index is 1.84. The number of likely N-dealkylation sites (N-methyl/N-ethyl adjacent to an activating group) is 1. The molecule has 0 bridgehead atoms. The molecule has 4 nitrogen and oxygen atoms in total. The SMILES string of the molecule is Cc1ccccc1C(=O)O[C@@H](C)C[NH+]1CC[NH+](C)CC1. The second-order valence-electron chi connectivity index (χ2n) is 5.94. The number of carbonyl (C=O) groups excluding carboxylic acids is 1. The van der Waals surface area contributed by atoms with Gasteiger partial charge in [0.25, 0.3) is 0 Å². The van der Waals surface area contributed by atoms with Crippen LogP contribution < -0.4 is 9.80 Å². The molecule has 0 aliphatic carbocycles. The number of hydrogen-bond donors (Lipinski definition) is 2. The van der Waals surface area contributed by atoms with E-state index in [9.17, 15) is 4.79 Å². The topological polar surface area (TPSA) is 35.2 Å². The van der Waals surface area contributed by atoms with Crippen LogP contribution in [0.1, 0.15) is 22.8 Å². The second kappa shape index (κ2) is 6.86. The van der Waals surface area contributed by atoms with Crippen molar-refractivity contribution >= 4 is 5.97 Å². The van der Waals surface area contributed by atoms with Crippen LogP contribution in [0, 0.1) is 6.92 Å². The molecule has 0 radical (unpaired) electrons. The van der Waals surface area contributed by atoms with Gasteiger partial charge in [0.2, 0.25) is 0 Å². The summed E-state index contributed by atoms with van der Waals surface area (Å²) >= 11 is 0. The minimum absolute atomic E-state index is 0.0319. The molecule has 1 aromatic carbocycles. The molecule has 1 atom stereocenters. The van der Waals surface area contributed by atoms with Gasteiger partial charge in [0.05, 0.1) is 12.6 Å². The number of rotatable bonds is 4. The van der Waals surface area contributed by atoms with E-state index in [1.165, 1.54) is 13.1 Å². The number of piperazine rings is 1. The van der Waals surface area contributed by atoms with Gasteiger partial charge < -0.3 is 14.5 Å². The minimum atomic E-state index is -0.199. The minimum Gasteiger partial charge on any atom is -0.453 e. The van der Waals surface area contributed by atoms with Crippen molar-refractivity contribution in [1.82, 2.24) is 0 Å². The number of ether oxygens (including phenoxy) is 1. The lowest BCUT2D eigenvalue weighted by Gasteiger charge is -2.28. The van der Waals surface area contributed by atoms with Gasteiger partial charge in [-0.25, -0.2) is 4.79 Å². The highest BCUT2D eigenvalue weighted by Gasteiger charge is 2.23. The van der Waals surface area contributed by atoms with Crippen molar-refractivity contribution in [3.63, 3.8) is 0 Å². The fourth-order valence-corrected chi connectivity index (χ4v) is 2.73. The summed E-state index contributed by atoms with van der Waals surface area (Å²) in [4.78, 5) is 15.3. The normalized spacial score (nSPS) is 24.1. The predicted molar refractivity (Wildman–Crippen MR) is 78.2 cm³/mol. The van der Waals surface area contributed by atoms with E-state index in [4.69, 9.17) is 4.74 Å². The third kappa shape index (κ3) is 4.05. The lowest BCUT2D eigenvalue weighted by Crippen LogP contribution is -3.27. The van der Waals surface area contributed by atoms with Crippen LogP contribution in [0.3, 0.4) is 0 Å². The average molecular weight is 278 g/mol. The first kappa shape index (κ1) is 15.0. The van der Waals surface area contributed by atoms with Gasteiger partial charge in [0, 0.05) is 0 Å². The Labute approximate surface area is 121 Å². The zero-order valence-corrected chi connectivity index (χ0v) is 12.7. The lowest BCUT2D eigenvalue weighted by atomic mass is 10.1. The summed E-state index contributed by atoms with van der Waals surface area (Å²) in [6, 6.07) is 7.58. The van der Waals surface area contributed by atoms with Crippen molar-refractivity contribution in [3.8, 4) is 0 Å². The van der Waals surface area contributed by atoms with Gasteiger partial charge in [-0.1, -0.05) is 18.2 Å². The van der Waals surface area contributed by atoms with E-state index < -0.39 is 0 Å². The molecule has 1 aliphatic heterocycles. The first-order valence-electron chi connectivity index (χ1n) is 7.47. The van der Waals surface area contributed by atoms with E-state index >= 15 is 0 Å². The van der Waals surface area contributed by atoms with Crippen LogP contribution in [-0.4, -0.2) is 51.8 Å². The molecule has 1 aromatic rings. The molecule has 20 heavy (non-hydrogen) atoms. The lowest BCUT2D eigenvalue weighted by molar-refractivity contribution is -1.00. The quantitative estimate of drug-likeness (QED) is 0.690. The van der Waals surface area contributed by atoms with Crippen molar-refractivity contribution in [2.24, 2.45) is 0 Å². The summed E-state index contributed by atoms with van der Waals surface area (Å²) in [5, 5.41) is 0. The summed E-state index contributed by atoms with van der Waals surface area (Å²) in [6.07, 6.45) is -0.0319. The third-order valence-electron chi connectivity index (χ3n) is 4.06. The molecule has 4 heteroatoms. The van der Waals surface area contributed by atoms with Gasteiger partial charge in [-0.3, -0.25) is 0 Å². The molecule has 0 saturated carbocycles. The number of benzene rings is 1. The molecule has 2 N–H and O–H groups in total. The van der Waals surface area contributed by atoms with Crippen molar-refractivity contribution in [1.29, 1.82) is 0 Å². The summed E-state index contributed by atoms with van der Waals surface area (Å²) in [5.41, 5.74) is 1.65. The second-order valence-corrected chi connectivity index (χ2v) is 5.94. The highest BCUT2D eigenvalue weighted by Crippen LogP contribution is 2.09. The molecule has 110 valence electrons.